The lowest BCUT2D eigenvalue weighted by Crippen LogP contribution is -2.43. The van der Waals surface area contributed by atoms with Crippen molar-refractivity contribution >= 4 is 11.7 Å². The molecule has 0 aliphatic heterocycles. The number of rotatable bonds is 5. The van der Waals surface area contributed by atoms with Crippen LogP contribution in [0.2, 0.25) is 0 Å². The van der Waals surface area contributed by atoms with Crippen LogP contribution in [0, 0.1) is 5.92 Å². The second-order valence-electron chi connectivity index (χ2n) is 6.73. The Morgan fingerprint density at radius 2 is 1.95 bits per heavy atom. The quantitative estimate of drug-likeness (QED) is 0.904. The molecule has 114 valence electrons. The van der Waals surface area contributed by atoms with Gasteiger partial charge in [-0.3, -0.25) is 4.79 Å². The van der Waals surface area contributed by atoms with Gasteiger partial charge in [-0.1, -0.05) is 13.8 Å². The van der Waals surface area contributed by atoms with Gasteiger partial charge >= 0.3 is 0 Å². The molecular weight excluding hydrogens is 264 g/mol. The van der Waals surface area contributed by atoms with Crippen molar-refractivity contribution in [2.24, 2.45) is 5.92 Å². The Labute approximate surface area is 125 Å². The predicted molar refractivity (Wildman–Crippen MR) is 81.9 cm³/mol. The van der Waals surface area contributed by atoms with E-state index in [1.165, 1.54) is 0 Å². The number of amides is 1. The maximum absolute atomic E-state index is 12.9. The summed E-state index contributed by atoms with van der Waals surface area (Å²) >= 11 is 0. The molecule has 5 nitrogen and oxygen atoms in total. The zero-order chi connectivity index (χ0) is 15.1. The molecule has 2 saturated carbocycles. The van der Waals surface area contributed by atoms with Crippen molar-refractivity contribution in [1.29, 1.82) is 0 Å². The van der Waals surface area contributed by atoms with Crippen LogP contribution in [-0.4, -0.2) is 32.9 Å². The second-order valence-corrected chi connectivity index (χ2v) is 6.73. The fourth-order valence-electron chi connectivity index (χ4n) is 2.61. The third kappa shape index (κ3) is 2.87. The molecule has 1 heterocycles. The monoisotopic (exact) mass is 288 g/mol. The first kappa shape index (κ1) is 14.3. The summed E-state index contributed by atoms with van der Waals surface area (Å²) in [6, 6.07) is 0.560. The van der Waals surface area contributed by atoms with E-state index in [2.05, 4.69) is 30.7 Å². The molecule has 2 N–H and O–H groups in total. The zero-order valence-corrected chi connectivity index (χ0v) is 13.0. The summed E-state index contributed by atoms with van der Waals surface area (Å²) in [6.07, 6.45) is 6.06. The van der Waals surface area contributed by atoms with Crippen LogP contribution in [-0.2, 0) is 0 Å². The highest BCUT2D eigenvalue weighted by Crippen LogP contribution is 2.38. The van der Waals surface area contributed by atoms with Crippen LogP contribution in [0.3, 0.4) is 0 Å². The molecule has 2 aliphatic rings. The second kappa shape index (κ2) is 5.28. The van der Waals surface area contributed by atoms with Gasteiger partial charge in [0.1, 0.15) is 17.2 Å². The largest absolute Gasteiger partial charge is 0.383 e. The van der Waals surface area contributed by atoms with E-state index < -0.39 is 0 Å². The van der Waals surface area contributed by atoms with Gasteiger partial charge in [0, 0.05) is 24.2 Å². The minimum atomic E-state index is -0.0152. The summed E-state index contributed by atoms with van der Waals surface area (Å²) < 4.78 is 0. The van der Waals surface area contributed by atoms with E-state index in [0.717, 1.165) is 31.5 Å². The number of nitrogens with zero attached hydrogens (tertiary/aromatic N) is 3. The highest BCUT2D eigenvalue weighted by Gasteiger charge is 2.38. The maximum Gasteiger partial charge on any atom is 0.259 e. The Morgan fingerprint density at radius 3 is 2.43 bits per heavy atom. The van der Waals surface area contributed by atoms with E-state index in [1.54, 1.807) is 6.20 Å². The molecule has 1 aromatic rings. The van der Waals surface area contributed by atoms with Gasteiger partial charge in [-0.25, -0.2) is 9.97 Å². The van der Waals surface area contributed by atoms with Crippen LogP contribution in [0.25, 0.3) is 0 Å². The van der Waals surface area contributed by atoms with E-state index in [9.17, 15) is 4.79 Å². The summed E-state index contributed by atoms with van der Waals surface area (Å²) in [4.78, 5) is 23.5. The summed E-state index contributed by atoms with van der Waals surface area (Å²) in [7, 11) is 0. The molecule has 0 radical (unpaired) electrons. The van der Waals surface area contributed by atoms with E-state index in [1.807, 2.05) is 4.90 Å². The molecule has 3 rings (SSSR count). The standard InChI is InChI=1S/C16H24N4O/c1-9(2)10(3)20(12-6-7-12)16(21)13-8-18-15(11-4-5-11)19-14(13)17/h8-12H,4-7H2,1-3H3,(H2,17,18,19). The lowest BCUT2D eigenvalue weighted by Gasteiger charge is -2.32. The average molecular weight is 288 g/mol. The molecule has 0 spiro atoms. The number of nitrogens with two attached hydrogens (primary N) is 1. The summed E-state index contributed by atoms with van der Waals surface area (Å²) in [5.41, 5.74) is 6.48. The SMILES string of the molecule is CC(C)C(C)N(C(=O)c1cnc(C2CC2)nc1N)C1CC1. The normalized spacial score (nSPS) is 19.6. The smallest absolute Gasteiger partial charge is 0.259 e. The number of hydrogen-bond donors (Lipinski definition) is 1. The fourth-order valence-corrected chi connectivity index (χ4v) is 2.61. The van der Waals surface area contributed by atoms with Gasteiger partial charge in [0.25, 0.3) is 5.91 Å². The van der Waals surface area contributed by atoms with Crippen LogP contribution < -0.4 is 5.73 Å². The number of aromatic nitrogens is 2. The number of nitrogen functional groups attached to an aromatic ring is 1. The molecule has 1 amide bonds. The third-order valence-electron chi connectivity index (χ3n) is 4.59. The maximum atomic E-state index is 12.9. The van der Waals surface area contributed by atoms with Gasteiger partial charge in [0.15, 0.2) is 0 Å². The summed E-state index contributed by atoms with van der Waals surface area (Å²) in [6.45, 7) is 6.39. The Bertz CT molecular complexity index is 549. The molecule has 1 unspecified atom stereocenters. The number of carbonyl (C=O) groups excluding carboxylic acids is 1. The summed E-state index contributed by atoms with van der Waals surface area (Å²) in [5, 5.41) is 0. The minimum Gasteiger partial charge on any atom is -0.383 e. The van der Waals surface area contributed by atoms with Crippen LogP contribution >= 0.6 is 0 Å². The van der Waals surface area contributed by atoms with Crippen molar-refractivity contribution in [2.75, 3.05) is 5.73 Å². The van der Waals surface area contributed by atoms with Crippen LogP contribution in [0.5, 0.6) is 0 Å². The molecule has 0 aromatic carbocycles. The molecule has 5 heteroatoms. The zero-order valence-electron chi connectivity index (χ0n) is 13.0. The molecule has 0 saturated heterocycles. The number of anilines is 1. The predicted octanol–water partition coefficient (Wildman–Crippen LogP) is 2.59. The molecule has 2 aliphatic carbocycles. The van der Waals surface area contributed by atoms with Gasteiger partial charge in [0.05, 0.1) is 0 Å². The lowest BCUT2D eigenvalue weighted by atomic mass is 10.0. The molecule has 1 aromatic heterocycles. The van der Waals surface area contributed by atoms with Crippen molar-refractivity contribution in [3.8, 4) is 0 Å². The number of carbonyl (C=O) groups is 1. The van der Waals surface area contributed by atoms with Gasteiger partial charge in [-0.05, 0) is 38.5 Å². The first-order chi connectivity index (χ1) is 9.99. The van der Waals surface area contributed by atoms with Crippen molar-refractivity contribution < 1.29 is 4.79 Å². The van der Waals surface area contributed by atoms with Gasteiger partial charge in [-0.15, -0.1) is 0 Å². The Kier molecular flexibility index (Phi) is 3.59. The van der Waals surface area contributed by atoms with E-state index in [0.29, 0.717) is 29.3 Å². The molecule has 21 heavy (non-hydrogen) atoms. The van der Waals surface area contributed by atoms with Crippen molar-refractivity contribution in [1.82, 2.24) is 14.9 Å². The van der Waals surface area contributed by atoms with E-state index in [4.69, 9.17) is 5.73 Å². The van der Waals surface area contributed by atoms with Crippen molar-refractivity contribution in [3.05, 3.63) is 17.6 Å². The lowest BCUT2D eigenvalue weighted by molar-refractivity contribution is 0.0628. The van der Waals surface area contributed by atoms with Crippen molar-refractivity contribution in [3.63, 3.8) is 0 Å². The Morgan fingerprint density at radius 1 is 1.29 bits per heavy atom. The van der Waals surface area contributed by atoms with E-state index in [-0.39, 0.29) is 11.9 Å². The third-order valence-corrected chi connectivity index (χ3v) is 4.59. The highest BCUT2D eigenvalue weighted by atomic mass is 16.2. The van der Waals surface area contributed by atoms with Crippen LogP contribution in [0.1, 0.15) is 68.6 Å². The van der Waals surface area contributed by atoms with Crippen LogP contribution in [0.4, 0.5) is 5.82 Å². The van der Waals surface area contributed by atoms with E-state index >= 15 is 0 Å². The minimum absolute atomic E-state index is 0.0152. The number of hydrogen-bond acceptors (Lipinski definition) is 4. The summed E-state index contributed by atoms with van der Waals surface area (Å²) in [5.74, 6) is 1.98. The van der Waals surface area contributed by atoms with Gasteiger partial charge < -0.3 is 10.6 Å². The van der Waals surface area contributed by atoms with Crippen LogP contribution in [0.15, 0.2) is 6.20 Å². The van der Waals surface area contributed by atoms with Crippen molar-refractivity contribution in [2.45, 2.75) is 64.5 Å². The first-order valence-electron chi connectivity index (χ1n) is 7.94. The Balaban J connectivity index is 1.85. The molecular formula is C16H24N4O. The molecule has 1 atom stereocenters. The van der Waals surface area contributed by atoms with Gasteiger partial charge in [-0.2, -0.15) is 0 Å². The molecule has 0 bridgehead atoms. The fraction of sp³-hybridized carbons (Fsp3) is 0.688. The first-order valence-corrected chi connectivity index (χ1v) is 7.94. The average Bonchev–Trinajstić information content (AvgIpc) is 3.30. The molecule has 2 fully saturated rings. The van der Waals surface area contributed by atoms with Gasteiger partial charge in [0.2, 0.25) is 0 Å². The Hall–Kier alpha value is -1.65. The topological polar surface area (TPSA) is 72.1 Å². The highest BCUT2D eigenvalue weighted by molar-refractivity contribution is 5.98.